The van der Waals surface area contributed by atoms with Crippen LogP contribution in [0.15, 0.2) is 65.1 Å². The first-order chi connectivity index (χ1) is 17.9. The Morgan fingerprint density at radius 1 is 0.923 bits per heavy atom. The van der Waals surface area contributed by atoms with Gasteiger partial charge in [0.1, 0.15) is 0 Å². The van der Waals surface area contributed by atoms with Gasteiger partial charge in [0.25, 0.3) is 10.0 Å². The van der Waals surface area contributed by atoms with Crippen molar-refractivity contribution in [1.29, 1.82) is 0 Å². The zero-order valence-corrected chi connectivity index (χ0v) is 20.4. The molecule has 4 aromatic rings. The highest BCUT2D eigenvalue weighted by molar-refractivity contribution is 7.93. The molecule has 0 amide bonds. The minimum atomic E-state index is -5.82. The van der Waals surface area contributed by atoms with Crippen molar-refractivity contribution < 1.29 is 52.7 Å². The third-order valence-electron chi connectivity index (χ3n) is 4.71. The summed E-state index contributed by atoms with van der Waals surface area (Å²) in [5, 5.41) is 6.75. The fourth-order valence-corrected chi connectivity index (χ4v) is 4.76. The number of nitrogens with zero attached hydrogens (tertiary/aromatic N) is 3. The normalized spacial score (nSPS) is 12.6. The molecular weight excluding hydrogens is 591 g/mol. The lowest BCUT2D eigenvalue weighted by Gasteiger charge is -2.09. The first-order valence-corrected chi connectivity index (χ1v) is 12.5. The average Bonchev–Trinajstić information content (AvgIpc) is 3.47. The van der Waals surface area contributed by atoms with E-state index in [4.69, 9.17) is 0 Å². The second kappa shape index (κ2) is 10.8. The monoisotopic (exact) mass is 604 g/mol. The van der Waals surface area contributed by atoms with E-state index in [1.807, 2.05) is 0 Å². The summed E-state index contributed by atoms with van der Waals surface area (Å²) in [5.41, 5.74) is 0.595. The van der Waals surface area contributed by atoms with Gasteiger partial charge in [0.05, 0.1) is 28.7 Å². The predicted molar refractivity (Wildman–Crippen MR) is 120 cm³/mol. The quantitative estimate of drug-likeness (QED) is 0.281. The molecule has 0 fully saturated rings. The van der Waals surface area contributed by atoms with Crippen LogP contribution < -0.4 is 4.72 Å². The van der Waals surface area contributed by atoms with E-state index in [1.165, 1.54) is 48.0 Å². The Morgan fingerprint density at radius 3 is 2.03 bits per heavy atom. The Balaban J connectivity index is 0.000000360. The van der Waals surface area contributed by atoms with Crippen LogP contribution in [0.4, 0.5) is 44.6 Å². The zero-order chi connectivity index (χ0) is 29.2. The molecule has 18 heteroatoms. The predicted octanol–water partition coefficient (Wildman–Crippen LogP) is 6.04. The van der Waals surface area contributed by atoms with E-state index < -0.39 is 39.9 Å². The number of fused-ring (bicyclic) bond motifs is 1. The topological polar surface area (TPSA) is 93.9 Å². The fourth-order valence-electron chi connectivity index (χ4n) is 2.94. The summed E-state index contributed by atoms with van der Waals surface area (Å²) >= 11 is 1.17. The van der Waals surface area contributed by atoms with Crippen molar-refractivity contribution in [3.8, 4) is 0 Å². The molecule has 0 aliphatic rings. The van der Waals surface area contributed by atoms with E-state index in [9.17, 15) is 52.7 Å². The summed E-state index contributed by atoms with van der Waals surface area (Å²) in [5.74, 6) is -3.68. The molecule has 2 heterocycles. The van der Waals surface area contributed by atoms with Gasteiger partial charge in [-0.3, -0.25) is 14.2 Å². The van der Waals surface area contributed by atoms with Crippen molar-refractivity contribution in [1.82, 2.24) is 14.8 Å². The van der Waals surface area contributed by atoms with Crippen molar-refractivity contribution in [3.63, 3.8) is 0 Å². The van der Waals surface area contributed by atoms with Crippen LogP contribution in [-0.4, -0.2) is 41.3 Å². The molecule has 0 saturated carbocycles. The first kappa shape index (κ1) is 29.9. The second-order valence-corrected chi connectivity index (χ2v) is 10.1. The average molecular weight is 604 g/mol. The highest BCUT2D eigenvalue weighted by atomic mass is 32.2. The Morgan fingerprint density at radius 2 is 1.54 bits per heavy atom. The summed E-state index contributed by atoms with van der Waals surface area (Å²) in [6, 6.07) is 9.39. The van der Waals surface area contributed by atoms with Crippen LogP contribution >= 0.6 is 11.3 Å². The number of nitrogens with one attached hydrogen (secondary N) is 1. The van der Waals surface area contributed by atoms with Gasteiger partial charge in [0.15, 0.2) is 5.13 Å². The largest absolute Gasteiger partial charge is 0.459 e. The van der Waals surface area contributed by atoms with Crippen LogP contribution in [0.1, 0.15) is 11.1 Å². The van der Waals surface area contributed by atoms with Gasteiger partial charge >= 0.3 is 24.3 Å². The van der Waals surface area contributed by atoms with Gasteiger partial charge in [-0.15, -0.1) is 11.3 Å². The molecule has 7 nitrogen and oxygen atoms in total. The van der Waals surface area contributed by atoms with Gasteiger partial charge in [-0.1, -0.05) is 12.1 Å². The van der Waals surface area contributed by atoms with Crippen molar-refractivity contribution >= 4 is 43.2 Å². The molecule has 2 aromatic carbocycles. The molecule has 210 valence electrons. The number of benzene rings is 2. The van der Waals surface area contributed by atoms with Crippen molar-refractivity contribution in [2.24, 2.45) is 0 Å². The SMILES string of the molecule is O=C(C(F)(F)F)C(F)(F)F.O=S(=O)(Nc1nccs1)c1ccc2c(cnn2Cc2ccc(C(F)(F)F)cc2)c1. The van der Waals surface area contributed by atoms with Crippen LogP contribution in [0.3, 0.4) is 0 Å². The number of hydrogen-bond donors (Lipinski definition) is 1. The number of halogens is 9. The molecule has 4 rings (SSSR count). The smallest absolute Gasteiger partial charge is 0.279 e. The van der Waals surface area contributed by atoms with E-state index in [0.717, 1.165) is 12.1 Å². The first-order valence-electron chi connectivity index (χ1n) is 10.1. The number of ketones is 1. The number of anilines is 1. The standard InChI is InChI=1S/C18H13F3N4O2S2.C3F6O/c19-18(20,21)14-3-1-12(2-4-14)11-25-16-6-5-15(9-13(16)10-23-25)29(26,27)24-17-22-7-8-28-17;4-2(5,6)1(10)3(7,8)9/h1-10H,11H2,(H,22,24);. The maximum absolute atomic E-state index is 12.7. The lowest BCUT2D eigenvalue weighted by molar-refractivity contribution is -0.217. The summed E-state index contributed by atoms with van der Waals surface area (Å²) in [6.45, 7) is 0.255. The summed E-state index contributed by atoms with van der Waals surface area (Å²) in [7, 11) is -3.79. The lowest BCUT2D eigenvalue weighted by Crippen LogP contribution is -2.36. The zero-order valence-electron chi connectivity index (χ0n) is 18.8. The van der Waals surface area contributed by atoms with Crippen molar-refractivity contribution in [3.05, 3.63) is 71.4 Å². The third-order valence-corrected chi connectivity index (χ3v) is 6.86. The number of alkyl halides is 9. The molecule has 0 saturated heterocycles. The van der Waals surface area contributed by atoms with Crippen LogP contribution in [-0.2, 0) is 27.5 Å². The highest BCUT2D eigenvalue weighted by Gasteiger charge is 2.55. The molecule has 0 aliphatic carbocycles. The van der Waals surface area contributed by atoms with E-state index in [1.54, 1.807) is 16.1 Å². The Hall–Kier alpha value is -3.67. The van der Waals surface area contributed by atoms with E-state index >= 15 is 0 Å². The lowest BCUT2D eigenvalue weighted by atomic mass is 10.1. The third kappa shape index (κ3) is 7.69. The number of hydrogen-bond acceptors (Lipinski definition) is 6. The van der Waals surface area contributed by atoms with Crippen LogP contribution in [0.5, 0.6) is 0 Å². The van der Waals surface area contributed by atoms with Crippen LogP contribution in [0, 0.1) is 0 Å². The highest BCUT2D eigenvalue weighted by Crippen LogP contribution is 2.30. The molecule has 2 aromatic heterocycles. The van der Waals surface area contributed by atoms with Gasteiger partial charge in [0, 0.05) is 17.0 Å². The Labute approximate surface area is 216 Å². The van der Waals surface area contributed by atoms with E-state index in [-0.39, 0.29) is 16.6 Å². The number of Topliss-reactive ketones (excluding diaryl/α,β-unsaturated/α-hetero) is 1. The Kier molecular flexibility index (Phi) is 8.30. The fraction of sp³-hybridized carbons (Fsp3) is 0.190. The molecule has 0 aliphatic heterocycles. The number of carbonyl (C=O) groups is 1. The van der Waals surface area contributed by atoms with Gasteiger partial charge in [-0.05, 0) is 35.9 Å². The molecule has 0 spiro atoms. The van der Waals surface area contributed by atoms with Crippen molar-refractivity contribution in [2.45, 2.75) is 30.0 Å². The number of rotatable bonds is 5. The molecule has 1 N–H and O–H groups in total. The summed E-state index contributed by atoms with van der Waals surface area (Å²) in [6.07, 6.45) is -13.0. The summed E-state index contributed by atoms with van der Waals surface area (Å²) in [4.78, 5) is 13.2. The van der Waals surface area contributed by atoms with Crippen LogP contribution in [0.2, 0.25) is 0 Å². The van der Waals surface area contributed by atoms with Crippen molar-refractivity contribution in [2.75, 3.05) is 4.72 Å². The summed E-state index contributed by atoms with van der Waals surface area (Å²) < 4.78 is 132. The molecule has 0 unspecified atom stereocenters. The maximum atomic E-state index is 12.7. The molecular formula is C21H13F9N4O3S2. The number of thiazole rings is 1. The second-order valence-electron chi connectivity index (χ2n) is 7.48. The number of sulfonamides is 1. The molecule has 39 heavy (non-hydrogen) atoms. The minimum absolute atomic E-state index is 0.0641. The molecule has 0 atom stereocenters. The van der Waals surface area contributed by atoms with Crippen LogP contribution in [0.25, 0.3) is 10.9 Å². The number of carbonyl (C=O) groups excluding carboxylic acids is 1. The van der Waals surface area contributed by atoms with E-state index in [0.29, 0.717) is 16.5 Å². The van der Waals surface area contributed by atoms with Gasteiger partial charge in [-0.25, -0.2) is 13.4 Å². The van der Waals surface area contributed by atoms with Gasteiger partial charge < -0.3 is 0 Å². The Bertz CT molecular complexity index is 1530. The maximum Gasteiger partial charge on any atom is 0.459 e. The van der Waals surface area contributed by atoms with Gasteiger partial charge in [-0.2, -0.15) is 44.6 Å². The molecule has 0 radical (unpaired) electrons. The molecule has 0 bridgehead atoms. The minimum Gasteiger partial charge on any atom is -0.279 e. The van der Waals surface area contributed by atoms with E-state index in [2.05, 4.69) is 14.8 Å². The van der Waals surface area contributed by atoms with Gasteiger partial charge in [0.2, 0.25) is 0 Å². The number of aromatic nitrogens is 3.